The van der Waals surface area contributed by atoms with Crippen LogP contribution in [0.4, 0.5) is 11.4 Å². The molecule has 1 aromatic heterocycles. The Kier molecular flexibility index (Phi) is 3.25. The van der Waals surface area contributed by atoms with Crippen LogP contribution in [0.2, 0.25) is 5.02 Å². The summed E-state index contributed by atoms with van der Waals surface area (Å²) in [6.07, 6.45) is 1.52. The summed E-state index contributed by atoms with van der Waals surface area (Å²) in [5.41, 5.74) is 6.80. The third kappa shape index (κ3) is 2.73. The van der Waals surface area contributed by atoms with E-state index in [-0.39, 0.29) is 11.6 Å². The number of nitrogen functional groups attached to an aromatic ring is 1. The number of aromatic nitrogens is 1. The van der Waals surface area contributed by atoms with Crippen LogP contribution in [-0.2, 0) is 0 Å². The largest absolute Gasteiger partial charge is 0.397 e. The number of benzene rings is 1. The van der Waals surface area contributed by atoms with E-state index in [0.29, 0.717) is 16.4 Å². The molecule has 0 aliphatic carbocycles. The number of carbonyl (C=O) groups excluding carboxylic acids is 1. The standard InChI is InChI=1S/C12H10ClN3O/c13-8-3-1-4-9(7-8)16-12(17)11-10(14)5-2-6-15-11/h1-7H,14H2,(H,16,17). The van der Waals surface area contributed by atoms with Crippen LogP contribution in [-0.4, -0.2) is 10.9 Å². The fourth-order valence-electron chi connectivity index (χ4n) is 1.36. The highest BCUT2D eigenvalue weighted by atomic mass is 35.5. The average molecular weight is 248 g/mol. The summed E-state index contributed by atoms with van der Waals surface area (Å²) in [7, 11) is 0. The molecule has 2 aromatic rings. The van der Waals surface area contributed by atoms with Gasteiger partial charge in [0.05, 0.1) is 5.69 Å². The molecular formula is C12H10ClN3O. The summed E-state index contributed by atoms with van der Waals surface area (Å²) < 4.78 is 0. The van der Waals surface area contributed by atoms with Gasteiger partial charge in [-0.1, -0.05) is 17.7 Å². The zero-order chi connectivity index (χ0) is 12.3. The van der Waals surface area contributed by atoms with E-state index in [2.05, 4.69) is 10.3 Å². The number of pyridine rings is 1. The molecule has 3 N–H and O–H groups in total. The first-order valence-electron chi connectivity index (χ1n) is 4.94. The summed E-state index contributed by atoms with van der Waals surface area (Å²) in [5.74, 6) is -0.356. The van der Waals surface area contributed by atoms with Gasteiger partial charge >= 0.3 is 0 Å². The van der Waals surface area contributed by atoms with E-state index < -0.39 is 0 Å². The molecule has 0 bridgehead atoms. The molecule has 5 heteroatoms. The van der Waals surface area contributed by atoms with Gasteiger partial charge in [-0.3, -0.25) is 4.79 Å². The molecule has 1 amide bonds. The Morgan fingerprint density at radius 1 is 1.29 bits per heavy atom. The molecule has 86 valence electrons. The fourth-order valence-corrected chi connectivity index (χ4v) is 1.55. The van der Waals surface area contributed by atoms with Crippen molar-refractivity contribution in [1.82, 2.24) is 4.98 Å². The van der Waals surface area contributed by atoms with Crippen LogP contribution in [0.1, 0.15) is 10.5 Å². The molecule has 1 aromatic carbocycles. The Balaban J connectivity index is 2.20. The number of hydrogen-bond acceptors (Lipinski definition) is 3. The van der Waals surface area contributed by atoms with Crippen LogP contribution < -0.4 is 11.1 Å². The van der Waals surface area contributed by atoms with Crippen molar-refractivity contribution in [3.05, 3.63) is 53.3 Å². The SMILES string of the molecule is Nc1cccnc1C(=O)Nc1cccc(Cl)c1. The highest BCUT2D eigenvalue weighted by Crippen LogP contribution is 2.16. The van der Waals surface area contributed by atoms with E-state index >= 15 is 0 Å². The lowest BCUT2D eigenvalue weighted by Gasteiger charge is -2.06. The number of halogens is 1. The number of nitrogens with one attached hydrogen (secondary N) is 1. The first-order chi connectivity index (χ1) is 8.16. The summed E-state index contributed by atoms with van der Waals surface area (Å²) in [5, 5.41) is 3.23. The third-order valence-corrected chi connectivity index (χ3v) is 2.37. The first kappa shape index (κ1) is 11.4. The average Bonchev–Trinajstić information content (AvgIpc) is 2.29. The lowest BCUT2D eigenvalue weighted by molar-refractivity contribution is 0.102. The van der Waals surface area contributed by atoms with Crippen LogP contribution in [0, 0.1) is 0 Å². The second-order valence-electron chi connectivity index (χ2n) is 3.41. The summed E-state index contributed by atoms with van der Waals surface area (Å²) in [6.45, 7) is 0. The van der Waals surface area contributed by atoms with Crippen molar-refractivity contribution in [3.63, 3.8) is 0 Å². The Bertz CT molecular complexity index is 557. The maximum atomic E-state index is 11.8. The maximum Gasteiger partial charge on any atom is 0.276 e. The van der Waals surface area contributed by atoms with Gasteiger partial charge in [0, 0.05) is 16.9 Å². The fraction of sp³-hybridized carbons (Fsp3) is 0. The van der Waals surface area contributed by atoms with Crippen LogP contribution in [0.3, 0.4) is 0 Å². The highest BCUT2D eigenvalue weighted by Gasteiger charge is 2.10. The van der Waals surface area contributed by atoms with Crippen molar-refractivity contribution in [2.24, 2.45) is 0 Å². The Hall–Kier alpha value is -2.07. The molecule has 0 saturated carbocycles. The molecule has 0 atom stereocenters. The number of amides is 1. The minimum absolute atomic E-state index is 0.201. The Morgan fingerprint density at radius 2 is 2.12 bits per heavy atom. The van der Waals surface area contributed by atoms with E-state index in [1.807, 2.05) is 0 Å². The number of carbonyl (C=O) groups is 1. The summed E-state index contributed by atoms with van der Waals surface area (Å²) in [6, 6.07) is 10.2. The van der Waals surface area contributed by atoms with E-state index in [0.717, 1.165) is 0 Å². The summed E-state index contributed by atoms with van der Waals surface area (Å²) >= 11 is 5.81. The van der Waals surface area contributed by atoms with Crippen LogP contribution in [0.15, 0.2) is 42.6 Å². The molecular weight excluding hydrogens is 238 g/mol. The summed E-state index contributed by atoms with van der Waals surface area (Å²) in [4.78, 5) is 15.8. The second kappa shape index (κ2) is 4.84. The van der Waals surface area contributed by atoms with Crippen LogP contribution >= 0.6 is 11.6 Å². The second-order valence-corrected chi connectivity index (χ2v) is 3.84. The minimum Gasteiger partial charge on any atom is -0.397 e. The van der Waals surface area contributed by atoms with Crippen LogP contribution in [0.25, 0.3) is 0 Å². The monoisotopic (exact) mass is 247 g/mol. The molecule has 0 aliphatic rings. The third-order valence-electron chi connectivity index (χ3n) is 2.14. The van der Waals surface area contributed by atoms with Gasteiger partial charge < -0.3 is 11.1 Å². The van der Waals surface area contributed by atoms with Gasteiger partial charge in [-0.05, 0) is 30.3 Å². The molecule has 0 radical (unpaired) electrons. The Labute approximate surface area is 103 Å². The number of rotatable bonds is 2. The van der Waals surface area contributed by atoms with Gasteiger partial charge in [-0.2, -0.15) is 0 Å². The topological polar surface area (TPSA) is 68.0 Å². The van der Waals surface area contributed by atoms with Crippen LogP contribution in [0.5, 0.6) is 0 Å². The number of nitrogens with two attached hydrogens (primary N) is 1. The first-order valence-corrected chi connectivity index (χ1v) is 5.32. The predicted octanol–water partition coefficient (Wildman–Crippen LogP) is 2.57. The lowest BCUT2D eigenvalue weighted by atomic mass is 10.2. The van der Waals surface area contributed by atoms with E-state index in [1.54, 1.807) is 36.4 Å². The van der Waals surface area contributed by atoms with Gasteiger partial charge in [0.1, 0.15) is 0 Å². The van der Waals surface area contributed by atoms with Crippen molar-refractivity contribution < 1.29 is 4.79 Å². The predicted molar refractivity (Wildman–Crippen MR) is 68.1 cm³/mol. The minimum atomic E-state index is -0.356. The maximum absolute atomic E-state index is 11.8. The van der Waals surface area contributed by atoms with E-state index in [4.69, 9.17) is 17.3 Å². The van der Waals surface area contributed by atoms with Gasteiger partial charge in [0.25, 0.3) is 5.91 Å². The molecule has 0 fully saturated rings. The zero-order valence-corrected chi connectivity index (χ0v) is 9.61. The Morgan fingerprint density at radius 3 is 2.82 bits per heavy atom. The number of nitrogens with zero attached hydrogens (tertiary/aromatic N) is 1. The molecule has 0 saturated heterocycles. The van der Waals surface area contributed by atoms with E-state index in [1.165, 1.54) is 6.20 Å². The normalized spacial score (nSPS) is 9.94. The number of hydrogen-bond donors (Lipinski definition) is 2. The number of anilines is 2. The molecule has 0 unspecified atom stereocenters. The van der Waals surface area contributed by atoms with Gasteiger partial charge in [0.15, 0.2) is 5.69 Å². The molecule has 4 nitrogen and oxygen atoms in total. The quantitative estimate of drug-likeness (QED) is 0.857. The smallest absolute Gasteiger partial charge is 0.276 e. The van der Waals surface area contributed by atoms with Gasteiger partial charge in [0.2, 0.25) is 0 Å². The van der Waals surface area contributed by atoms with Crippen molar-refractivity contribution in [2.45, 2.75) is 0 Å². The van der Waals surface area contributed by atoms with E-state index in [9.17, 15) is 4.79 Å². The molecule has 1 heterocycles. The van der Waals surface area contributed by atoms with Crippen molar-refractivity contribution >= 4 is 28.9 Å². The zero-order valence-electron chi connectivity index (χ0n) is 8.85. The lowest BCUT2D eigenvalue weighted by Crippen LogP contribution is -2.15. The molecule has 0 aliphatic heterocycles. The highest BCUT2D eigenvalue weighted by molar-refractivity contribution is 6.31. The van der Waals surface area contributed by atoms with Gasteiger partial charge in [-0.15, -0.1) is 0 Å². The van der Waals surface area contributed by atoms with Crippen molar-refractivity contribution in [3.8, 4) is 0 Å². The van der Waals surface area contributed by atoms with Crippen molar-refractivity contribution in [1.29, 1.82) is 0 Å². The molecule has 0 spiro atoms. The van der Waals surface area contributed by atoms with Crippen molar-refractivity contribution in [2.75, 3.05) is 11.1 Å². The molecule has 17 heavy (non-hydrogen) atoms. The van der Waals surface area contributed by atoms with Gasteiger partial charge in [-0.25, -0.2) is 4.98 Å². The molecule has 2 rings (SSSR count).